The van der Waals surface area contributed by atoms with Crippen molar-refractivity contribution in [3.63, 3.8) is 0 Å². The molecular weight excluding hydrogens is 613 g/mol. The highest BCUT2D eigenvalue weighted by molar-refractivity contribution is 7.93. The van der Waals surface area contributed by atoms with E-state index in [0.29, 0.717) is 47.5 Å². The third-order valence-electron chi connectivity index (χ3n) is 7.96. The number of hydrogen-bond donors (Lipinski definition) is 5. The summed E-state index contributed by atoms with van der Waals surface area (Å²) in [5.41, 5.74) is 4.22. The van der Waals surface area contributed by atoms with E-state index in [9.17, 15) is 13.2 Å². The summed E-state index contributed by atoms with van der Waals surface area (Å²) in [4.78, 5) is 26.5. The number of amides is 1. The minimum atomic E-state index is -3.80. The van der Waals surface area contributed by atoms with Gasteiger partial charge in [-0.05, 0) is 93.3 Å². The number of carbonyl (C=O) groups is 1. The van der Waals surface area contributed by atoms with Crippen LogP contribution in [0.3, 0.4) is 0 Å². The van der Waals surface area contributed by atoms with Crippen LogP contribution in [0.25, 0.3) is 0 Å². The quantitative estimate of drug-likeness (QED) is 0.140. The van der Waals surface area contributed by atoms with E-state index in [1.54, 1.807) is 26.1 Å². The maximum atomic E-state index is 13.0. The number of nitrogens with one attached hydrogen (secondary N) is 5. The van der Waals surface area contributed by atoms with Crippen molar-refractivity contribution in [1.82, 2.24) is 25.1 Å². The summed E-state index contributed by atoms with van der Waals surface area (Å²) < 4.78 is 27.7. The van der Waals surface area contributed by atoms with Crippen LogP contribution in [0, 0.1) is 32.6 Å². The molecule has 0 aliphatic heterocycles. The Balaban J connectivity index is 1.09. The van der Waals surface area contributed by atoms with Crippen LogP contribution in [0.1, 0.15) is 47.4 Å². The largest absolute Gasteiger partial charge is 0.357 e. The summed E-state index contributed by atoms with van der Waals surface area (Å²) in [5, 5.41) is 21.1. The lowest BCUT2D eigenvalue weighted by Crippen LogP contribution is -2.29. The van der Waals surface area contributed by atoms with Gasteiger partial charge in [-0.1, -0.05) is 29.5 Å². The van der Waals surface area contributed by atoms with Crippen LogP contribution >= 0.6 is 11.3 Å². The summed E-state index contributed by atoms with van der Waals surface area (Å²) >= 11 is 1.15. The molecule has 1 aliphatic rings. The third-order valence-corrected chi connectivity index (χ3v) is 10.2. The molecule has 2 heterocycles. The molecule has 0 unspecified atom stereocenters. The first-order chi connectivity index (χ1) is 21.6. The standard InChI is InChI=1S/C30H38N10O3S2/c1-18-6-5-7-23(19(18)2)17-33-29-36-27(31-4)35-28(37-29)32-16-21-8-10-22(11-9-21)26(41)34-24-12-14-25(15-13-24)45(42,43)40-30-39-38-20(3)44-30/h5-7,12-15,21-22H,8-11,16-17H2,1-4H3,(H,34,41)(H,39,40)(H3,31,32,33,35,36,37)/t21-,22-. The van der Waals surface area contributed by atoms with Gasteiger partial charge >= 0.3 is 0 Å². The van der Waals surface area contributed by atoms with E-state index >= 15 is 0 Å². The molecule has 15 heteroatoms. The van der Waals surface area contributed by atoms with Crippen molar-refractivity contribution in [2.75, 3.05) is 39.6 Å². The Kier molecular flexibility index (Phi) is 10.1. The molecule has 0 bridgehead atoms. The lowest BCUT2D eigenvalue weighted by molar-refractivity contribution is -0.121. The molecule has 1 amide bonds. The predicted octanol–water partition coefficient (Wildman–Crippen LogP) is 4.96. The van der Waals surface area contributed by atoms with Crippen molar-refractivity contribution in [3.05, 3.63) is 64.2 Å². The van der Waals surface area contributed by atoms with Gasteiger partial charge in [0.25, 0.3) is 10.0 Å². The van der Waals surface area contributed by atoms with E-state index in [4.69, 9.17) is 0 Å². The van der Waals surface area contributed by atoms with Gasteiger partial charge in [0.2, 0.25) is 28.9 Å². The molecule has 0 saturated heterocycles. The lowest BCUT2D eigenvalue weighted by Gasteiger charge is -2.28. The van der Waals surface area contributed by atoms with E-state index in [2.05, 4.69) is 77.1 Å². The second-order valence-corrected chi connectivity index (χ2v) is 14.0. The van der Waals surface area contributed by atoms with Gasteiger partial charge in [-0.15, -0.1) is 10.2 Å². The van der Waals surface area contributed by atoms with E-state index < -0.39 is 10.0 Å². The molecule has 1 saturated carbocycles. The number of aryl methyl sites for hydroxylation is 2. The minimum Gasteiger partial charge on any atom is -0.357 e. The van der Waals surface area contributed by atoms with E-state index in [1.807, 2.05) is 6.07 Å². The molecule has 5 rings (SSSR count). The normalized spacial score (nSPS) is 16.5. The van der Waals surface area contributed by atoms with Crippen LogP contribution in [-0.2, 0) is 21.4 Å². The average molecular weight is 651 g/mol. The molecule has 238 valence electrons. The highest BCUT2D eigenvalue weighted by Gasteiger charge is 2.27. The van der Waals surface area contributed by atoms with E-state index in [-0.39, 0.29) is 21.9 Å². The second kappa shape index (κ2) is 14.2. The first-order valence-corrected chi connectivity index (χ1v) is 17.1. The molecule has 4 aromatic rings. The van der Waals surface area contributed by atoms with Gasteiger partial charge in [-0.2, -0.15) is 15.0 Å². The number of benzene rings is 2. The zero-order valence-electron chi connectivity index (χ0n) is 25.7. The zero-order valence-corrected chi connectivity index (χ0v) is 27.3. The topological polar surface area (TPSA) is 176 Å². The lowest BCUT2D eigenvalue weighted by atomic mass is 9.81. The molecule has 0 atom stereocenters. The highest BCUT2D eigenvalue weighted by atomic mass is 32.2. The molecule has 13 nitrogen and oxygen atoms in total. The number of sulfonamides is 1. The smallest absolute Gasteiger partial charge is 0.263 e. The van der Waals surface area contributed by atoms with Gasteiger partial charge in [0.1, 0.15) is 5.01 Å². The van der Waals surface area contributed by atoms with E-state index in [0.717, 1.165) is 37.0 Å². The van der Waals surface area contributed by atoms with Crippen LogP contribution in [0.2, 0.25) is 0 Å². The Bertz CT molecular complexity index is 1740. The van der Waals surface area contributed by atoms with Crippen molar-refractivity contribution < 1.29 is 13.2 Å². The Morgan fingerprint density at radius 3 is 2.24 bits per heavy atom. The van der Waals surface area contributed by atoms with Gasteiger partial charge in [0.15, 0.2) is 0 Å². The molecule has 2 aromatic carbocycles. The van der Waals surface area contributed by atoms with Crippen LogP contribution in [0.15, 0.2) is 47.4 Å². The number of nitrogens with zero attached hydrogens (tertiary/aromatic N) is 5. The van der Waals surface area contributed by atoms with Crippen molar-refractivity contribution in [1.29, 1.82) is 0 Å². The van der Waals surface area contributed by atoms with Crippen LogP contribution < -0.4 is 26.0 Å². The number of carbonyl (C=O) groups excluding carboxylic acids is 1. The molecule has 0 spiro atoms. The summed E-state index contributed by atoms with van der Waals surface area (Å²) in [6, 6.07) is 12.3. The highest BCUT2D eigenvalue weighted by Crippen LogP contribution is 2.30. The number of aromatic nitrogens is 5. The van der Waals surface area contributed by atoms with Gasteiger partial charge in [0, 0.05) is 31.7 Å². The van der Waals surface area contributed by atoms with Crippen molar-refractivity contribution in [2.24, 2.45) is 11.8 Å². The third kappa shape index (κ3) is 8.42. The second-order valence-electron chi connectivity index (χ2n) is 11.1. The molecule has 1 aliphatic carbocycles. The van der Waals surface area contributed by atoms with Gasteiger partial charge in [-0.25, -0.2) is 8.42 Å². The fourth-order valence-electron chi connectivity index (χ4n) is 5.16. The summed E-state index contributed by atoms with van der Waals surface area (Å²) in [7, 11) is -2.03. The number of rotatable bonds is 12. The predicted molar refractivity (Wildman–Crippen MR) is 177 cm³/mol. The van der Waals surface area contributed by atoms with Crippen molar-refractivity contribution in [2.45, 2.75) is 57.9 Å². The van der Waals surface area contributed by atoms with Crippen LogP contribution in [0.4, 0.5) is 28.7 Å². The first-order valence-electron chi connectivity index (χ1n) is 14.8. The fourth-order valence-corrected chi connectivity index (χ4v) is 6.98. The first kappa shape index (κ1) is 32.0. The molecule has 2 aromatic heterocycles. The molecule has 0 radical (unpaired) electrons. The number of anilines is 5. The van der Waals surface area contributed by atoms with E-state index in [1.165, 1.54) is 28.8 Å². The minimum absolute atomic E-state index is 0.0600. The summed E-state index contributed by atoms with van der Waals surface area (Å²) in [6.07, 6.45) is 3.30. The summed E-state index contributed by atoms with van der Waals surface area (Å²) in [5.74, 6) is 1.67. The maximum absolute atomic E-state index is 13.0. The van der Waals surface area contributed by atoms with Crippen molar-refractivity contribution in [3.8, 4) is 0 Å². The van der Waals surface area contributed by atoms with Gasteiger partial charge in [-0.3, -0.25) is 9.52 Å². The Morgan fingerprint density at radius 2 is 1.58 bits per heavy atom. The Hall–Kier alpha value is -4.37. The van der Waals surface area contributed by atoms with Gasteiger partial charge in [0.05, 0.1) is 4.90 Å². The van der Waals surface area contributed by atoms with Crippen molar-refractivity contribution >= 4 is 55.9 Å². The summed E-state index contributed by atoms with van der Waals surface area (Å²) in [6.45, 7) is 7.26. The fraction of sp³-hybridized carbons (Fsp3) is 0.400. The Labute approximate surface area is 267 Å². The molecule has 1 fully saturated rings. The Morgan fingerprint density at radius 1 is 0.889 bits per heavy atom. The zero-order chi connectivity index (χ0) is 32.0. The average Bonchev–Trinajstić information content (AvgIpc) is 3.44. The molecular formula is C30H38N10O3S2. The van der Waals surface area contributed by atoms with Gasteiger partial charge < -0.3 is 21.3 Å². The van der Waals surface area contributed by atoms with Crippen LogP contribution in [-0.4, -0.2) is 53.1 Å². The monoisotopic (exact) mass is 650 g/mol. The number of hydrogen-bond acceptors (Lipinski definition) is 12. The molecule has 45 heavy (non-hydrogen) atoms. The maximum Gasteiger partial charge on any atom is 0.263 e. The SMILES string of the molecule is CNc1nc(NCc2cccc(C)c2C)nc(NC[C@H]2CC[C@H](C(=O)Nc3ccc(S(=O)(=O)Nc4nnc(C)s4)cc3)CC2)n1. The van der Waals surface area contributed by atoms with Crippen LogP contribution in [0.5, 0.6) is 0 Å². The molecule has 5 N–H and O–H groups in total.